The van der Waals surface area contributed by atoms with Gasteiger partial charge in [0, 0.05) is 16.2 Å². The van der Waals surface area contributed by atoms with Gasteiger partial charge in [-0.2, -0.15) is 0 Å². The Bertz CT molecular complexity index is 728. The van der Waals surface area contributed by atoms with E-state index in [0.717, 1.165) is 15.5 Å². The number of thioether (sulfide) groups is 1. The van der Waals surface area contributed by atoms with Crippen molar-refractivity contribution >= 4 is 40.6 Å². The molecule has 2 amide bonds. The van der Waals surface area contributed by atoms with Crippen molar-refractivity contribution in [3.63, 3.8) is 0 Å². The van der Waals surface area contributed by atoms with Gasteiger partial charge < -0.3 is 10.6 Å². The maximum atomic E-state index is 12.5. The standard InChI is InChI=1S/C18H20N2O2S2/c1-11(2)17(14-8-5-9-23-14)20-16(21)10-15-18(22)19-12-6-3-4-7-13(12)24-15/h3-9,11,15,17H,10H2,1-2H3,(H,19,22)(H,20,21)/t15-,17+/m0/s1. The summed E-state index contributed by atoms with van der Waals surface area (Å²) < 4.78 is 0. The fraction of sp³-hybridized carbons (Fsp3) is 0.333. The molecule has 1 aliphatic rings. The Morgan fingerprint density at radius 2 is 2.04 bits per heavy atom. The minimum absolute atomic E-state index is 0.0126. The third-order valence-electron chi connectivity index (χ3n) is 3.91. The molecular formula is C18H20N2O2S2. The van der Waals surface area contributed by atoms with Crippen LogP contribution in [-0.4, -0.2) is 17.1 Å². The summed E-state index contributed by atoms with van der Waals surface area (Å²) in [7, 11) is 0. The molecule has 2 heterocycles. The number of fused-ring (bicyclic) bond motifs is 1. The van der Waals surface area contributed by atoms with Crippen molar-refractivity contribution < 1.29 is 9.59 Å². The van der Waals surface area contributed by atoms with Crippen molar-refractivity contribution in [3.05, 3.63) is 46.7 Å². The topological polar surface area (TPSA) is 58.2 Å². The van der Waals surface area contributed by atoms with Crippen LogP contribution in [0.3, 0.4) is 0 Å². The van der Waals surface area contributed by atoms with E-state index >= 15 is 0 Å². The number of benzene rings is 1. The molecule has 0 saturated carbocycles. The van der Waals surface area contributed by atoms with Crippen LogP contribution in [0, 0.1) is 5.92 Å². The fourth-order valence-corrected chi connectivity index (χ4v) is 4.72. The molecule has 1 aromatic heterocycles. The molecule has 0 fully saturated rings. The van der Waals surface area contributed by atoms with Gasteiger partial charge in [0.05, 0.1) is 17.0 Å². The predicted molar refractivity (Wildman–Crippen MR) is 99.4 cm³/mol. The molecule has 0 saturated heterocycles. The first-order chi connectivity index (χ1) is 11.5. The molecule has 3 rings (SSSR count). The summed E-state index contributed by atoms with van der Waals surface area (Å²) >= 11 is 3.10. The second-order valence-corrected chi connectivity index (χ2v) is 8.32. The van der Waals surface area contributed by atoms with Crippen LogP contribution in [0.2, 0.25) is 0 Å². The quantitative estimate of drug-likeness (QED) is 0.845. The van der Waals surface area contributed by atoms with Gasteiger partial charge in [0.15, 0.2) is 0 Å². The average Bonchev–Trinajstić information content (AvgIpc) is 3.07. The minimum atomic E-state index is -0.393. The van der Waals surface area contributed by atoms with E-state index in [4.69, 9.17) is 0 Å². The van der Waals surface area contributed by atoms with Gasteiger partial charge in [0.1, 0.15) is 0 Å². The molecule has 1 aromatic carbocycles. The summed E-state index contributed by atoms with van der Waals surface area (Å²) in [5.41, 5.74) is 0.822. The molecule has 0 bridgehead atoms. The predicted octanol–water partition coefficient (Wildman–Crippen LogP) is 4.06. The fourth-order valence-electron chi connectivity index (χ4n) is 2.66. The molecule has 0 radical (unpaired) electrons. The Hall–Kier alpha value is -1.79. The SMILES string of the molecule is CC(C)[C@@H](NC(=O)C[C@@H]1Sc2ccccc2NC1=O)c1cccs1. The molecule has 2 atom stereocenters. The number of carbonyl (C=O) groups excluding carboxylic acids is 2. The van der Waals surface area contributed by atoms with E-state index in [1.54, 1.807) is 11.3 Å². The third-order valence-corrected chi connectivity index (χ3v) is 6.14. The van der Waals surface area contributed by atoms with Gasteiger partial charge in [-0.05, 0) is 29.5 Å². The van der Waals surface area contributed by atoms with Crippen molar-refractivity contribution in [2.45, 2.75) is 36.5 Å². The summed E-state index contributed by atoms with van der Waals surface area (Å²) in [5.74, 6) is 0.0985. The smallest absolute Gasteiger partial charge is 0.238 e. The zero-order valence-corrected chi connectivity index (χ0v) is 15.2. The van der Waals surface area contributed by atoms with E-state index < -0.39 is 5.25 Å². The second kappa shape index (κ2) is 7.40. The Morgan fingerprint density at radius 3 is 2.75 bits per heavy atom. The van der Waals surface area contributed by atoms with Crippen molar-refractivity contribution in [1.29, 1.82) is 0 Å². The van der Waals surface area contributed by atoms with Crippen LogP contribution in [0.5, 0.6) is 0 Å². The Kier molecular flexibility index (Phi) is 5.26. The number of thiophene rings is 1. The number of amides is 2. The van der Waals surface area contributed by atoms with Gasteiger partial charge in [0.2, 0.25) is 11.8 Å². The Labute approximate surface area is 150 Å². The lowest BCUT2D eigenvalue weighted by Gasteiger charge is -2.25. The highest BCUT2D eigenvalue weighted by molar-refractivity contribution is 8.01. The lowest BCUT2D eigenvalue weighted by atomic mass is 10.0. The molecule has 4 nitrogen and oxygen atoms in total. The summed E-state index contributed by atoms with van der Waals surface area (Å²) in [5, 5.41) is 7.59. The molecule has 2 N–H and O–H groups in total. The van der Waals surface area contributed by atoms with Crippen LogP contribution in [0.15, 0.2) is 46.7 Å². The molecular weight excluding hydrogens is 340 g/mol. The number of hydrogen-bond donors (Lipinski definition) is 2. The zero-order chi connectivity index (χ0) is 17.1. The van der Waals surface area contributed by atoms with E-state index in [1.807, 2.05) is 41.8 Å². The first-order valence-electron chi connectivity index (χ1n) is 7.94. The lowest BCUT2D eigenvalue weighted by molar-refractivity contribution is -0.124. The molecule has 126 valence electrons. The first-order valence-corrected chi connectivity index (χ1v) is 9.70. The highest BCUT2D eigenvalue weighted by Crippen LogP contribution is 2.36. The zero-order valence-electron chi connectivity index (χ0n) is 13.6. The summed E-state index contributed by atoms with van der Waals surface area (Å²) in [6, 6.07) is 11.7. The molecule has 24 heavy (non-hydrogen) atoms. The number of para-hydroxylation sites is 1. The molecule has 0 unspecified atom stereocenters. The third kappa shape index (κ3) is 3.82. The van der Waals surface area contributed by atoms with Gasteiger partial charge in [0.25, 0.3) is 0 Å². The van der Waals surface area contributed by atoms with Crippen molar-refractivity contribution in [2.75, 3.05) is 5.32 Å². The van der Waals surface area contributed by atoms with Gasteiger partial charge in [-0.1, -0.05) is 32.0 Å². The van der Waals surface area contributed by atoms with E-state index in [9.17, 15) is 9.59 Å². The number of carbonyl (C=O) groups is 2. The van der Waals surface area contributed by atoms with Crippen LogP contribution >= 0.6 is 23.1 Å². The number of nitrogens with one attached hydrogen (secondary N) is 2. The Morgan fingerprint density at radius 1 is 1.25 bits per heavy atom. The van der Waals surface area contributed by atoms with Gasteiger partial charge >= 0.3 is 0 Å². The molecule has 6 heteroatoms. The van der Waals surface area contributed by atoms with Crippen LogP contribution in [0.1, 0.15) is 31.2 Å². The van der Waals surface area contributed by atoms with Crippen LogP contribution in [0.4, 0.5) is 5.69 Å². The monoisotopic (exact) mass is 360 g/mol. The normalized spacial score (nSPS) is 18.0. The van der Waals surface area contributed by atoms with E-state index in [-0.39, 0.29) is 24.3 Å². The first kappa shape index (κ1) is 17.0. The van der Waals surface area contributed by atoms with Gasteiger partial charge in [-0.15, -0.1) is 23.1 Å². The summed E-state index contributed by atoms with van der Waals surface area (Å²) in [4.78, 5) is 26.9. The molecule has 2 aromatic rings. The maximum absolute atomic E-state index is 12.5. The largest absolute Gasteiger partial charge is 0.348 e. The maximum Gasteiger partial charge on any atom is 0.238 e. The highest BCUT2D eigenvalue weighted by Gasteiger charge is 2.30. The molecule has 0 aliphatic carbocycles. The molecule has 1 aliphatic heterocycles. The number of anilines is 1. The number of hydrogen-bond acceptors (Lipinski definition) is 4. The van der Waals surface area contributed by atoms with Crippen molar-refractivity contribution in [3.8, 4) is 0 Å². The highest BCUT2D eigenvalue weighted by atomic mass is 32.2. The van der Waals surface area contributed by atoms with Crippen LogP contribution in [-0.2, 0) is 9.59 Å². The summed E-state index contributed by atoms with van der Waals surface area (Å²) in [6.45, 7) is 4.17. The number of rotatable bonds is 5. The lowest BCUT2D eigenvalue weighted by Crippen LogP contribution is -2.37. The minimum Gasteiger partial charge on any atom is -0.348 e. The van der Waals surface area contributed by atoms with Crippen molar-refractivity contribution in [1.82, 2.24) is 5.32 Å². The van der Waals surface area contributed by atoms with E-state index in [1.165, 1.54) is 11.8 Å². The Balaban J connectivity index is 1.65. The van der Waals surface area contributed by atoms with Gasteiger partial charge in [-0.3, -0.25) is 9.59 Å². The van der Waals surface area contributed by atoms with Crippen molar-refractivity contribution in [2.24, 2.45) is 5.92 Å². The second-order valence-electron chi connectivity index (χ2n) is 6.10. The average molecular weight is 361 g/mol. The van der Waals surface area contributed by atoms with Crippen LogP contribution < -0.4 is 10.6 Å². The molecule has 0 spiro atoms. The van der Waals surface area contributed by atoms with Crippen LogP contribution in [0.25, 0.3) is 0 Å². The van der Waals surface area contributed by atoms with E-state index in [2.05, 4.69) is 24.5 Å². The van der Waals surface area contributed by atoms with Gasteiger partial charge in [-0.25, -0.2) is 0 Å². The van der Waals surface area contributed by atoms with E-state index in [0.29, 0.717) is 5.92 Å². The summed E-state index contributed by atoms with van der Waals surface area (Å²) in [6.07, 6.45) is 0.180.